The molecule has 1 aromatic heterocycles. The van der Waals surface area contributed by atoms with E-state index in [1.165, 1.54) is 4.31 Å². The lowest BCUT2D eigenvalue weighted by molar-refractivity contribution is -0.389. The van der Waals surface area contributed by atoms with E-state index in [0.29, 0.717) is 13.0 Å². The molecule has 9 heteroatoms. The highest BCUT2D eigenvalue weighted by atomic mass is 32.2. The molecule has 2 unspecified atom stereocenters. The van der Waals surface area contributed by atoms with Crippen LogP contribution in [0.3, 0.4) is 0 Å². The lowest BCUT2D eigenvalue weighted by Crippen LogP contribution is -2.45. The molecule has 0 radical (unpaired) electrons. The van der Waals surface area contributed by atoms with Gasteiger partial charge in [-0.05, 0) is 28.3 Å². The highest BCUT2D eigenvalue weighted by Gasteiger charge is 2.33. The Kier molecular flexibility index (Phi) is 4.02. The van der Waals surface area contributed by atoms with Crippen molar-refractivity contribution in [1.29, 1.82) is 0 Å². The summed E-state index contributed by atoms with van der Waals surface area (Å²) in [5, 5.41) is 20.3. The molecule has 1 aliphatic rings. The summed E-state index contributed by atoms with van der Waals surface area (Å²) < 4.78 is 25.8. The van der Waals surface area contributed by atoms with Crippen LogP contribution in [-0.4, -0.2) is 46.9 Å². The second-order valence-electron chi connectivity index (χ2n) is 4.81. The molecule has 1 aliphatic heterocycles. The monoisotopic (exact) mass is 301 g/mol. The van der Waals surface area contributed by atoms with Crippen LogP contribution in [0, 0.1) is 16.0 Å². The molecule has 20 heavy (non-hydrogen) atoms. The standard InChI is InChI=1S/C11H15N3O5S/c1-8-4-5-13(7-10(8)15)20(18,19)9-2-3-11(12-6-9)14(16)17/h2-3,6,8,10,15H,4-5,7H2,1H3. The van der Waals surface area contributed by atoms with Crippen LogP contribution >= 0.6 is 0 Å². The Hall–Kier alpha value is -1.58. The zero-order valence-corrected chi connectivity index (χ0v) is 11.7. The Balaban J connectivity index is 2.24. The molecule has 0 aromatic carbocycles. The first kappa shape index (κ1) is 14.8. The summed E-state index contributed by atoms with van der Waals surface area (Å²) in [6.07, 6.45) is 0.836. The van der Waals surface area contributed by atoms with Crippen molar-refractivity contribution < 1.29 is 18.4 Å². The average molecular weight is 301 g/mol. The molecular formula is C11H15N3O5S. The largest absolute Gasteiger partial charge is 0.391 e. The highest BCUT2D eigenvalue weighted by molar-refractivity contribution is 7.89. The molecule has 2 rings (SSSR count). The van der Waals surface area contributed by atoms with Crippen molar-refractivity contribution in [3.63, 3.8) is 0 Å². The lowest BCUT2D eigenvalue weighted by atomic mass is 9.98. The predicted octanol–water partition coefficient (Wildman–Crippen LogP) is 0.381. The summed E-state index contributed by atoms with van der Waals surface area (Å²) in [5.41, 5.74) is 0. The smallest absolute Gasteiger partial charge is 0.363 e. The van der Waals surface area contributed by atoms with Gasteiger partial charge in [-0.3, -0.25) is 0 Å². The number of hydrogen-bond acceptors (Lipinski definition) is 6. The molecule has 1 fully saturated rings. The van der Waals surface area contributed by atoms with Crippen LogP contribution in [0.5, 0.6) is 0 Å². The maximum Gasteiger partial charge on any atom is 0.363 e. The molecule has 1 aromatic rings. The summed E-state index contributed by atoms with van der Waals surface area (Å²) in [5.74, 6) is -0.354. The van der Waals surface area contributed by atoms with Crippen molar-refractivity contribution in [2.75, 3.05) is 13.1 Å². The van der Waals surface area contributed by atoms with Crippen molar-refractivity contribution in [2.45, 2.75) is 24.3 Å². The second-order valence-corrected chi connectivity index (χ2v) is 6.74. The van der Waals surface area contributed by atoms with Gasteiger partial charge >= 0.3 is 5.82 Å². The molecule has 2 heterocycles. The Bertz CT molecular complexity index is 601. The van der Waals surface area contributed by atoms with Crippen LogP contribution in [0.1, 0.15) is 13.3 Å². The maximum atomic E-state index is 12.3. The van der Waals surface area contributed by atoms with Crippen molar-refractivity contribution in [1.82, 2.24) is 9.29 Å². The van der Waals surface area contributed by atoms with Gasteiger partial charge in [-0.2, -0.15) is 4.31 Å². The van der Waals surface area contributed by atoms with E-state index in [0.717, 1.165) is 18.3 Å². The first-order valence-corrected chi connectivity index (χ1v) is 7.55. The fourth-order valence-corrected chi connectivity index (χ4v) is 3.44. The van der Waals surface area contributed by atoms with Gasteiger partial charge in [0.05, 0.1) is 6.10 Å². The number of sulfonamides is 1. The fraction of sp³-hybridized carbons (Fsp3) is 0.545. The van der Waals surface area contributed by atoms with E-state index in [1.807, 2.05) is 6.92 Å². The number of nitrogens with zero attached hydrogens (tertiary/aromatic N) is 3. The van der Waals surface area contributed by atoms with Crippen LogP contribution in [0.2, 0.25) is 0 Å². The molecule has 1 saturated heterocycles. The van der Waals surface area contributed by atoms with Crippen molar-refractivity contribution >= 4 is 15.8 Å². The van der Waals surface area contributed by atoms with Gasteiger partial charge in [0.2, 0.25) is 10.0 Å². The third-order valence-electron chi connectivity index (χ3n) is 3.43. The number of piperidine rings is 1. The van der Waals surface area contributed by atoms with Gasteiger partial charge < -0.3 is 15.2 Å². The first-order valence-electron chi connectivity index (χ1n) is 6.11. The Morgan fingerprint density at radius 2 is 2.20 bits per heavy atom. The average Bonchev–Trinajstić information content (AvgIpc) is 2.41. The molecule has 0 aliphatic carbocycles. The van der Waals surface area contributed by atoms with Gasteiger partial charge in [0.25, 0.3) is 0 Å². The number of aliphatic hydroxyl groups is 1. The Labute approximate surface area is 116 Å². The predicted molar refractivity (Wildman–Crippen MR) is 69.4 cm³/mol. The summed E-state index contributed by atoms with van der Waals surface area (Å²) in [6, 6.07) is 2.21. The Morgan fingerprint density at radius 1 is 1.50 bits per heavy atom. The molecular weight excluding hydrogens is 286 g/mol. The quantitative estimate of drug-likeness (QED) is 0.637. The number of pyridine rings is 1. The van der Waals surface area contributed by atoms with Gasteiger partial charge in [0, 0.05) is 19.2 Å². The van der Waals surface area contributed by atoms with Crippen LogP contribution in [0.15, 0.2) is 23.2 Å². The number of nitro groups is 1. The number of rotatable bonds is 3. The van der Waals surface area contributed by atoms with Gasteiger partial charge in [-0.25, -0.2) is 8.42 Å². The molecule has 0 amide bonds. The van der Waals surface area contributed by atoms with Crippen LogP contribution in [0.4, 0.5) is 5.82 Å². The highest BCUT2D eigenvalue weighted by Crippen LogP contribution is 2.24. The van der Waals surface area contributed by atoms with Gasteiger partial charge in [0.15, 0.2) is 6.20 Å². The fourth-order valence-electron chi connectivity index (χ4n) is 2.02. The van der Waals surface area contributed by atoms with Gasteiger partial charge in [-0.15, -0.1) is 0 Å². The van der Waals surface area contributed by atoms with Gasteiger partial charge in [0.1, 0.15) is 4.90 Å². The maximum absolute atomic E-state index is 12.3. The Morgan fingerprint density at radius 3 is 2.70 bits per heavy atom. The number of β-amino-alcohol motifs (C(OH)–C–C–N with tert-alkyl or cyclic N) is 1. The van der Waals surface area contributed by atoms with E-state index in [2.05, 4.69) is 4.98 Å². The topological polar surface area (TPSA) is 114 Å². The minimum Gasteiger partial charge on any atom is -0.391 e. The third kappa shape index (κ3) is 2.79. The van der Waals surface area contributed by atoms with E-state index >= 15 is 0 Å². The zero-order valence-electron chi connectivity index (χ0n) is 10.8. The molecule has 1 N–H and O–H groups in total. The summed E-state index contributed by atoms with van der Waals surface area (Å²) in [4.78, 5) is 13.2. The molecule has 0 saturated carbocycles. The summed E-state index contributed by atoms with van der Waals surface area (Å²) in [7, 11) is -3.77. The first-order chi connectivity index (χ1) is 9.32. The number of aromatic nitrogens is 1. The lowest BCUT2D eigenvalue weighted by Gasteiger charge is -2.33. The van der Waals surface area contributed by atoms with E-state index < -0.39 is 26.9 Å². The molecule has 8 nitrogen and oxygen atoms in total. The molecule has 0 spiro atoms. The van der Waals surface area contributed by atoms with E-state index in [9.17, 15) is 23.6 Å². The SMILES string of the molecule is CC1CCN(S(=O)(=O)c2ccc([N+](=O)[O-])nc2)CC1O. The van der Waals surface area contributed by atoms with Crippen molar-refractivity contribution in [2.24, 2.45) is 5.92 Å². The van der Waals surface area contributed by atoms with E-state index in [1.54, 1.807) is 0 Å². The third-order valence-corrected chi connectivity index (χ3v) is 5.28. The van der Waals surface area contributed by atoms with E-state index in [4.69, 9.17) is 0 Å². The van der Waals surface area contributed by atoms with Crippen LogP contribution in [-0.2, 0) is 10.0 Å². The number of aliphatic hydroxyl groups excluding tert-OH is 1. The molecule has 0 bridgehead atoms. The summed E-state index contributed by atoms with van der Waals surface area (Å²) in [6.45, 7) is 2.21. The van der Waals surface area contributed by atoms with Crippen LogP contribution < -0.4 is 0 Å². The minimum absolute atomic E-state index is 0.0283. The molecule has 110 valence electrons. The second kappa shape index (κ2) is 5.43. The summed E-state index contributed by atoms with van der Waals surface area (Å²) >= 11 is 0. The normalized spacial score (nSPS) is 24.5. The van der Waals surface area contributed by atoms with E-state index in [-0.39, 0.29) is 17.4 Å². The number of hydrogen-bond donors (Lipinski definition) is 1. The van der Waals surface area contributed by atoms with Crippen LogP contribution in [0.25, 0.3) is 0 Å². The van der Waals surface area contributed by atoms with Gasteiger partial charge in [-0.1, -0.05) is 6.92 Å². The minimum atomic E-state index is -3.77. The molecule has 2 atom stereocenters. The van der Waals surface area contributed by atoms with Crippen molar-refractivity contribution in [3.8, 4) is 0 Å². The zero-order chi connectivity index (χ0) is 14.9. The van der Waals surface area contributed by atoms with Crippen molar-refractivity contribution in [3.05, 3.63) is 28.4 Å².